The minimum atomic E-state index is -0.855. The quantitative estimate of drug-likeness (QED) is 0.773. The highest BCUT2D eigenvalue weighted by atomic mass is 19.1. The first kappa shape index (κ1) is 17.2. The summed E-state index contributed by atoms with van der Waals surface area (Å²) in [4.78, 5) is 14.1. The van der Waals surface area contributed by atoms with Gasteiger partial charge in [0.1, 0.15) is 5.82 Å². The molecule has 1 aromatic heterocycles. The first-order valence-electron chi connectivity index (χ1n) is 8.28. The highest BCUT2D eigenvalue weighted by Crippen LogP contribution is 2.25. The number of aryl methyl sites for hydroxylation is 1. The molecule has 2 heterocycles. The van der Waals surface area contributed by atoms with Gasteiger partial charge >= 0.3 is 6.03 Å². The van der Waals surface area contributed by atoms with Crippen LogP contribution in [-0.4, -0.2) is 40.6 Å². The molecule has 0 aliphatic carbocycles. The van der Waals surface area contributed by atoms with Crippen LogP contribution in [0.4, 0.5) is 20.6 Å². The van der Waals surface area contributed by atoms with Crippen molar-refractivity contribution in [1.82, 2.24) is 15.1 Å². The fourth-order valence-electron chi connectivity index (χ4n) is 2.90. The lowest BCUT2D eigenvalue weighted by atomic mass is 10.2. The predicted molar refractivity (Wildman–Crippen MR) is 93.0 cm³/mol. The van der Waals surface area contributed by atoms with E-state index in [0.29, 0.717) is 11.3 Å². The van der Waals surface area contributed by atoms with E-state index in [1.807, 2.05) is 0 Å². The van der Waals surface area contributed by atoms with Gasteiger partial charge in [-0.15, -0.1) is 0 Å². The predicted octanol–water partition coefficient (Wildman–Crippen LogP) is 2.01. The Kier molecular flexibility index (Phi) is 5.18. The monoisotopic (exact) mass is 347 g/mol. The molecule has 1 aliphatic rings. The van der Waals surface area contributed by atoms with Gasteiger partial charge in [0.2, 0.25) is 0 Å². The van der Waals surface area contributed by atoms with Crippen LogP contribution in [0.1, 0.15) is 24.5 Å². The summed E-state index contributed by atoms with van der Waals surface area (Å²) in [5, 5.41) is 19.2. The summed E-state index contributed by atoms with van der Waals surface area (Å²) in [6.07, 6.45) is 4.54. The van der Waals surface area contributed by atoms with E-state index >= 15 is 0 Å². The van der Waals surface area contributed by atoms with Gasteiger partial charge in [-0.3, -0.25) is 4.68 Å². The minimum absolute atomic E-state index is 0.0336. The van der Waals surface area contributed by atoms with Crippen molar-refractivity contribution in [1.29, 1.82) is 0 Å². The molecule has 134 valence electrons. The van der Waals surface area contributed by atoms with Crippen LogP contribution >= 0.6 is 0 Å². The molecule has 1 saturated heterocycles. The van der Waals surface area contributed by atoms with Crippen molar-refractivity contribution in [2.45, 2.75) is 18.9 Å². The SMILES string of the molecule is Cn1cc(C(O)CNC(=O)Nc2cc(F)cc(N3CCCC3)c2)cn1. The summed E-state index contributed by atoms with van der Waals surface area (Å²) in [5.41, 5.74) is 1.77. The van der Waals surface area contributed by atoms with Crippen molar-refractivity contribution in [2.24, 2.45) is 7.05 Å². The summed E-state index contributed by atoms with van der Waals surface area (Å²) >= 11 is 0. The van der Waals surface area contributed by atoms with Gasteiger partial charge in [0.15, 0.2) is 0 Å². The van der Waals surface area contributed by atoms with Crippen LogP contribution in [-0.2, 0) is 7.05 Å². The molecular formula is C17H22FN5O2. The Morgan fingerprint density at radius 3 is 2.80 bits per heavy atom. The first-order valence-corrected chi connectivity index (χ1v) is 8.28. The number of nitrogens with one attached hydrogen (secondary N) is 2. The zero-order chi connectivity index (χ0) is 17.8. The van der Waals surface area contributed by atoms with Gasteiger partial charge in [-0.05, 0) is 31.0 Å². The Bertz CT molecular complexity index is 742. The second kappa shape index (κ2) is 7.52. The van der Waals surface area contributed by atoms with E-state index in [4.69, 9.17) is 0 Å². The Labute approximate surface area is 145 Å². The largest absolute Gasteiger partial charge is 0.386 e. The van der Waals surface area contributed by atoms with Gasteiger partial charge in [-0.25, -0.2) is 9.18 Å². The summed E-state index contributed by atoms with van der Waals surface area (Å²) in [5.74, 6) is -0.393. The van der Waals surface area contributed by atoms with E-state index in [2.05, 4.69) is 20.6 Å². The number of benzene rings is 1. The number of carbonyl (C=O) groups is 1. The van der Waals surface area contributed by atoms with E-state index < -0.39 is 18.0 Å². The zero-order valence-electron chi connectivity index (χ0n) is 14.1. The van der Waals surface area contributed by atoms with Crippen molar-refractivity contribution < 1.29 is 14.3 Å². The van der Waals surface area contributed by atoms with Crippen LogP contribution in [0, 0.1) is 5.82 Å². The lowest BCUT2D eigenvalue weighted by molar-refractivity contribution is 0.175. The van der Waals surface area contributed by atoms with Gasteiger partial charge < -0.3 is 20.6 Å². The molecule has 8 heteroatoms. The van der Waals surface area contributed by atoms with Crippen LogP contribution in [0.5, 0.6) is 0 Å². The molecule has 0 saturated carbocycles. The van der Waals surface area contributed by atoms with Gasteiger partial charge in [-0.1, -0.05) is 0 Å². The Morgan fingerprint density at radius 1 is 1.36 bits per heavy atom. The molecule has 25 heavy (non-hydrogen) atoms. The summed E-state index contributed by atoms with van der Waals surface area (Å²) in [6, 6.07) is 4.00. The maximum atomic E-state index is 13.8. The van der Waals surface area contributed by atoms with E-state index in [0.717, 1.165) is 31.6 Å². The van der Waals surface area contributed by atoms with Gasteiger partial charge in [0.05, 0.1) is 12.3 Å². The summed E-state index contributed by atoms with van der Waals surface area (Å²) < 4.78 is 15.4. The van der Waals surface area contributed by atoms with E-state index in [1.54, 1.807) is 30.2 Å². The Hall–Kier alpha value is -2.61. The number of aromatic nitrogens is 2. The Balaban J connectivity index is 1.57. The number of carbonyl (C=O) groups excluding carboxylic acids is 1. The van der Waals surface area contributed by atoms with Crippen LogP contribution in [0.15, 0.2) is 30.6 Å². The van der Waals surface area contributed by atoms with Crippen molar-refractivity contribution in [3.05, 3.63) is 42.0 Å². The average Bonchev–Trinajstić information content (AvgIpc) is 3.23. The first-order chi connectivity index (χ1) is 12.0. The highest BCUT2D eigenvalue weighted by molar-refractivity contribution is 5.89. The maximum Gasteiger partial charge on any atom is 0.319 e. The normalized spacial score (nSPS) is 15.2. The number of aliphatic hydroxyl groups excluding tert-OH is 1. The molecule has 1 unspecified atom stereocenters. The minimum Gasteiger partial charge on any atom is -0.386 e. The van der Waals surface area contributed by atoms with Crippen LogP contribution in [0.25, 0.3) is 0 Å². The fraction of sp³-hybridized carbons (Fsp3) is 0.412. The molecule has 2 aromatic rings. The number of anilines is 2. The second-order valence-corrected chi connectivity index (χ2v) is 6.19. The fourth-order valence-corrected chi connectivity index (χ4v) is 2.90. The number of hydrogen-bond acceptors (Lipinski definition) is 4. The number of nitrogens with zero attached hydrogens (tertiary/aromatic N) is 3. The van der Waals surface area contributed by atoms with E-state index in [9.17, 15) is 14.3 Å². The average molecular weight is 347 g/mol. The maximum absolute atomic E-state index is 13.8. The lowest BCUT2D eigenvalue weighted by Crippen LogP contribution is -2.32. The molecule has 1 aromatic carbocycles. The van der Waals surface area contributed by atoms with Crippen molar-refractivity contribution in [3.8, 4) is 0 Å². The number of hydrogen-bond donors (Lipinski definition) is 3. The molecule has 3 N–H and O–H groups in total. The zero-order valence-corrected chi connectivity index (χ0v) is 14.1. The van der Waals surface area contributed by atoms with Gasteiger partial charge in [-0.2, -0.15) is 5.10 Å². The molecule has 0 spiro atoms. The summed E-state index contributed by atoms with van der Waals surface area (Å²) in [7, 11) is 1.75. The number of amides is 2. The number of rotatable bonds is 5. The Morgan fingerprint density at radius 2 is 2.12 bits per heavy atom. The molecule has 0 bridgehead atoms. The molecular weight excluding hydrogens is 325 g/mol. The van der Waals surface area contributed by atoms with Crippen LogP contribution in [0.3, 0.4) is 0 Å². The van der Waals surface area contributed by atoms with Gasteiger partial charge in [0, 0.05) is 49.8 Å². The smallest absolute Gasteiger partial charge is 0.319 e. The van der Waals surface area contributed by atoms with Crippen molar-refractivity contribution in [2.75, 3.05) is 29.9 Å². The molecule has 1 atom stereocenters. The van der Waals surface area contributed by atoms with Crippen molar-refractivity contribution in [3.63, 3.8) is 0 Å². The van der Waals surface area contributed by atoms with Crippen LogP contribution in [0.2, 0.25) is 0 Å². The molecule has 0 radical (unpaired) electrons. The number of aliphatic hydroxyl groups is 1. The van der Waals surface area contributed by atoms with Crippen LogP contribution < -0.4 is 15.5 Å². The third-order valence-electron chi connectivity index (χ3n) is 4.18. The molecule has 2 amide bonds. The topological polar surface area (TPSA) is 82.4 Å². The second-order valence-electron chi connectivity index (χ2n) is 6.19. The summed E-state index contributed by atoms with van der Waals surface area (Å²) in [6.45, 7) is 1.82. The lowest BCUT2D eigenvalue weighted by Gasteiger charge is -2.19. The molecule has 1 aliphatic heterocycles. The van der Waals surface area contributed by atoms with Crippen molar-refractivity contribution >= 4 is 17.4 Å². The third-order valence-corrected chi connectivity index (χ3v) is 4.18. The standard InChI is InChI=1S/C17H22FN5O2/c1-22-11-12(9-20-22)16(24)10-19-17(25)21-14-6-13(18)7-15(8-14)23-4-2-3-5-23/h6-9,11,16,24H,2-5,10H2,1H3,(H2,19,21,25). The number of urea groups is 1. The number of halogens is 1. The van der Waals surface area contributed by atoms with E-state index in [1.165, 1.54) is 12.1 Å². The molecule has 7 nitrogen and oxygen atoms in total. The third kappa shape index (κ3) is 4.48. The van der Waals surface area contributed by atoms with Gasteiger partial charge in [0.25, 0.3) is 0 Å². The molecule has 1 fully saturated rings. The highest BCUT2D eigenvalue weighted by Gasteiger charge is 2.15. The van der Waals surface area contributed by atoms with E-state index in [-0.39, 0.29) is 6.54 Å². The molecule has 3 rings (SSSR count).